The smallest absolute Gasteiger partial charge is 0.411 e. The summed E-state index contributed by atoms with van der Waals surface area (Å²) in [5.41, 5.74) is 0.736. The van der Waals surface area contributed by atoms with Crippen LogP contribution in [0.25, 0.3) is 0 Å². The van der Waals surface area contributed by atoms with E-state index in [2.05, 4.69) is 20.8 Å². The van der Waals surface area contributed by atoms with E-state index in [0.717, 1.165) is 0 Å². The molecule has 0 spiro atoms. The van der Waals surface area contributed by atoms with E-state index in [4.69, 9.17) is 4.74 Å². The molecular formula is C26H28N6O6. The number of nitrogens with one attached hydrogen (secondary N) is 3. The van der Waals surface area contributed by atoms with Crippen LogP contribution in [0.4, 0.5) is 22.0 Å². The van der Waals surface area contributed by atoms with Crippen LogP contribution in [0, 0.1) is 10.1 Å². The number of hydrogen-bond donors (Lipinski definition) is 3. The number of nitro groups is 1. The van der Waals surface area contributed by atoms with E-state index >= 15 is 0 Å². The van der Waals surface area contributed by atoms with Crippen LogP contribution in [0.15, 0.2) is 48.5 Å². The van der Waals surface area contributed by atoms with E-state index in [-0.39, 0.29) is 23.4 Å². The van der Waals surface area contributed by atoms with Crippen molar-refractivity contribution in [2.75, 3.05) is 10.6 Å². The van der Waals surface area contributed by atoms with E-state index in [0.29, 0.717) is 22.8 Å². The van der Waals surface area contributed by atoms with Crippen LogP contribution in [-0.2, 0) is 16.8 Å². The molecular weight excluding hydrogens is 492 g/mol. The summed E-state index contributed by atoms with van der Waals surface area (Å²) >= 11 is 0. The maximum absolute atomic E-state index is 13.0. The molecule has 3 N–H and O–H groups in total. The van der Waals surface area contributed by atoms with Gasteiger partial charge in [-0.2, -0.15) is 5.10 Å². The van der Waals surface area contributed by atoms with Gasteiger partial charge in [-0.1, -0.05) is 6.07 Å². The molecule has 1 aliphatic rings. The number of anilines is 2. The molecule has 12 nitrogen and oxygen atoms in total. The number of ether oxygens (including phenoxy) is 1. The molecule has 3 aromatic rings. The fourth-order valence-corrected chi connectivity index (χ4v) is 4.08. The average molecular weight is 521 g/mol. The quantitative estimate of drug-likeness (QED) is 0.321. The third-order valence-electron chi connectivity index (χ3n) is 6.04. The number of benzene rings is 2. The first kappa shape index (κ1) is 26.3. The number of hydrogen-bond acceptors (Lipinski definition) is 7. The van der Waals surface area contributed by atoms with Crippen molar-refractivity contribution in [3.8, 4) is 0 Å². The van der Waals surface area contributed by atoms with Crippen LogP contribution in [-0.4, -0.2) is 43.5 Å². The number of H-pyrrole nitrogens is 1. The normalized spacial score (nSPS) is 14.0. The van der Waals surface area contributed by atoms with Crippen molar-refractivity contribution in [3.63, 3.8) is 0 Å². The van der Waals surface area contributed by atoms with E-state index in [1.54, 1.807) is 43.9 Å². The van der Waals surface area contributed by atoms with Gasteiger partial charge < -0.3 is 15.4 Å². The van der Waals surface area contributed by atoms with Crippen molar-refractivity contribution >= 4 is 35.1 Å². The molecule has 0 fully saturated rings. The van der Waals surface area contributed by atoms with Gasteiger partial charge in [0.2, 0.25) is 0 Å². The first-order valence-electron chi connectivity index (χ1n) is 11.8. The van der Waals surface area contributed by atoms with Crippen molar-refractivity contribution in [1.29, 1.82) is 0 Å². The number of rotatable bonds is 5. The van der Waals surface area contributed by atoms with Crippen LogP contribution >= 0.6 is 0 Å². The Bertz CT molecular complexity index is 1420. The number of aromatic nitrogens is 2. The molecule has 38 heavy (non-hydrogen) atoms. The van der Waals surface area contributed by atoms with E-state index in [9.17, 15) is 24.5 Å². The third kappa shape index (κ3) is 5.33. The van der Waals surface area contributed by atoms with Gasteiger partial charge in [0.1, 0.15) is 5.60 Å². The zero-order chi connectivity index (χ0) is 27.8. The second kappa shape index (κ2) is 9.61. The second-order valence-electron chi connectivity index (χ2n) is 10.3. The molecule has 0 saturated heterocycles. The predicted octanol–water partition coefficient (Wildman–Crippen LogP) is 4.81. The lowest BCUT2D eigenvalue weighted by Crippen LogP contribution is -2.43. The minimum absolute atomic E-state index is 0.123. The fourth-order valence-electron chi connectivity index (χ4n) is 4.08. The van der Waals surface area contributed by atoms with Crippen molar-refractivity contribution in [1.82, 2.24) is 15.1 Å². The lowest BCUT2D eigenvalue weighted by atomic mass is 10.0. The summed E-state index contributed by atoms with van der Waals surface area (Å²) in [6, 6.07) is 11.5. The van der Waals surface area contributed by atoms with Crippen molar-refractivity contribution in [3.05, 3.63) is 81.0 Å². The zero-order valence-electron chi connectivity index (χ0n) is 21.6. The van der Waals surface area contributed by atoms with Gasteiger partial charge in [0.05, 0.1) is 22.7 Å². The minimum atomic E-state index is -0.726. The molecule has 2 aromatic carbocycles. The van der Waals surface area contributed by atoms with Crippen LogP contribution in [0.2, 0.25) is 0 Å². The third-order valence-corrected chi connectivity index (χ3v) is 6.04. The lowest BCUT2D eigenvalue weighted by Gasteiger charge is -2.33. The largest absolute Gasteiger partial charge is 0.444 e. The molecule has 0 unspecified atom stereocenters. The van der Waals surface area contributed by atoms with Gasteiger partial charge in [-0.15, -0.1) is 0 Å². The Labute approximate surface area is 218 Å². The Morgan fingerprint density at radius 1 is 1.05 bits per heavy atom. The standard InChI is InChI=1S/C26H28N6O6/c1-25(2,3)38-24(35)31-14-19-20(26(31,4)5)29-30-21(19)28-23(34)16-7-6-8-17(13-16)27-22(33)15-9-11-18(12-10-15)32(36)37/h6-13H,14H2,1-5H3,(H,27,33)(H2,28,29,30,34). The molecule has 0 atom stereocenters. The predicted molar refractivity (Wildman–Crippen MR) is 139 cm³/mol. The highest BCUT2D eigenvalue weighted by Crippen LogP contribution is 2.41. The van der Waals surface area contributed by atoms with Gasteiger partial charge in [-0.05, 0) is 65.0 Å². The second-order valence-corrected chi connectivity index (χ2v) is 10.3. The van der Waals surface area contributed by atoms with Gasteiger partial charge in [-0.25, -0.2) is 4.79 Å². The zero-order valence-corrected chi connectivity index (χ0v) is 21.6. The maximum atomic E-state index is 13.0. The molecule has 0 bridgehead atoms. The molecule has 198 valence electrons. The summed E-state index contributed by atoms with van der Waals surface area (Å²) in [6.45, 7) is 9.32. The summed E-state index contributed by atoms with van der Waals surface area (Å²) in [6.07, 6.45) is -0.471. The van der Waals surface area contributed by atoms with Crippen LogP contribution < -0.4 is 10.6 Å². The Morgan fingerprint density at radius 3 is 2.34 bits per heavy atom. The maximum Gasteiger partial charge on any atom is 0.411 e. The number of carbonyl (C=O) groups is 3. The van der Waals surface area contributed by atoms with E-state index < -0.39 is 34.0 Å². The number of non-ortho nitro benzene ring substituents is 1. The summed E-state index contributed by atoms with van der Waals surface area (Å²) < 4.78 is 5.54. The molecule has 2 heterocycles. The van der Waals surface area contributed by atoms with E-state index in [1.165, 1.54) is 30.3 Å². The van der Waals surface area contributed by atoms with Crippen molar-refractivity contribution in [2.24, 2.45) is 0 Å². The minimum Gasteiger partial charge on any atom is -0.444 e. The number of aromatic amines is 1. The van der Waals surface area contributed by atoms with Crippen molar-refractivity contribution < 1.29 is 24.0 Å². The number of fused-ring (bicyclic) bond motifs is 1. The number of nitrogens with zero attached hydrogens (tertiary/aromatic N) is 3. The molecule has 1 aliphatic heterocycles. The monoisotopic (exact) mass is 520 g/mol. The topological polar surface area (TPSA) is 160 Å². The first-order valence-corrected chi connectivity index (χ1v) is 11.8. The van der Waals surface area contributed by atoms with Crippen LogP contribution in [0.5, 0.6) is 0 Å². The molecule has 4 rings (SSSR count). The Hall–Kier alpha value is -4.74. The summed E-state index contributed by atoms with van der Waals surface area (Å²) in [7, 11) is 0. The summed E-state index contributed by atoms with van der Waals surface area (Å²) in [4.78, 5) is 50.2. The van der Waals surface area contributed by atoms with Crippen molar-refractivity contribution in [2.45, 2.75) is 52.3 Å². The first-order chi connectivity index (χ1) is 17.8. The molecule has 3 amide bonds. The van der Waals surface area contributed by atoms with Gasteiger partial charge in [-0.3, -0.25) is 29.7 Å². The van der Waals surface area contributed by atoms with Crippen LogP contribution in [0.1, 0.15) is 66.6 Å². The number of amides is 3. The highest BCUT2D eigenvalue weighted by atomic mass is 16.6. The fraction of sp³-hybridized carbons (Fsp3) is 0.308. The van der Waals surface area contributed by atoms with Gasteiger partial charge in [0.25, 0.3) is 17.5 Å². The summed E-state index contributed by atoms with van der Waals surface area (Å²) in [5, 5.41) is 23.5. The molecule has 1 aromatic heterocycles. The van der Waals surface area contributed by atoms with Crippen LogP contribution in [0.3, 0.4) is 0 Å². The molecule has 12 heteroatoms. The Kier molecular flexibility index (Phi) is 6.66. The summed E-state index contributed by atoms with van der Waals surface area (Å²) in [5.74, 6) is -0.643. The number of carbonyl (C=O) groups excluding carboxylic acids is 3. The lowest BCUT2D eigenvalue weighted by molar-refractivity contribution is -0.384. The Balaban J connectivity index is 1.47. The average Bonchev–Trinajstić information content (AvgIpc) is 3.36. The highest BCUT2D eigenvalue weighted by Gasteiger charge is 2.45. The molecule has 0 aliphatic carbocycles. The number of nitro benzene ring substituents is 1. The van der Waals surface area contributed by atoms with Gasteiger partial charge in [0, 0.05) is 34.5 Å². The Morgan fingerprint density at radius 2 is 1.71 bits per heavy atom. The molecule has 0 radical (unpaired) electrons. The SMILES string of the molecule is CC(C)(C)OC(=O)N1Cc2c(NC(=O)c3cccc(NC(=O)c4ccc([N+](=O)[O-])cc4)c3)n[nH]c2C1(C)C. The molecule has 0 saturated carbocycles. The highest BCUT2D eigenvalue weighted by molar-refractivity contribution is 6.07. The van der Waals surface area contributed by atoms with Gasteiger partial charge in [0.15, 0.2) is 5.82 Å². The van der Waals surface area contributed by atoms with Gasteiger partial charge >= 0.3 is 6.09 Å². The van der Waals surface area contributed by atoms with E-state index in [1.807, 2.05) is 13.8 Å².